The van der Waals surface area contributed by atoms with E-state index in [1.165, 1.54) is 4.90 Å². The molecule has 7 nitrogen and oxygen atoms in total. The van der Waals surface area contributed by atoms with Gasteiger partial charge < -0.3 is 19.5 Å². The molecule has 0 radical (unpaired) electrons. The van der Waals surface area contributed by atoms with E-state index in [0.717, 1.165) is 0 Å². The zero-order valence-electron chi connectivity index (χ0n) is 17.4. The first-order valence-electron chi connectivity index (χ1n) is 9.98. The summed E-state index contributed by atoms with van der Waals surface area (Å²) < 4.78 is 11.1. The second-order valence-corrected chi connectivity index (χ2v) is 7.13. The molecular weight excluding hydrogens is 384 g/mol. The molecule has 1 N–H and O–H groups in total. The van der Waals surface area contributed by atoms with E-state index < -0.39 is 17.7 Å². The third-order valence-electron chi connectivity index (χ3n) is 4.71. The molecule has 7 heteroatoms. The minimum atomic E-state index is -0.794. The van der Waals surface area contributed by atoms with Crippen molar-refractivity contribution in [2.24, 2.45) is 0 Å². The molecule has 0 bridgehead atoms. The summed E-state index contributed by atoms with van der Waals surface area (Å²) in [6.45, 7) is 6.61. The van der Waals surface area contributed by atoms with Crippen molar-refractivity contribution in [2.45, 2.75) is 32.9 Å². The van der Waals surface area contributed by atoms with E-state index in [1.807, 2.05) is 20.8 Å². The highest BCUT2D eigenvalue weighted by Gasteiger charge is 2.46. The van der Waals surface area contributed by atoms with Crippen molar-refractivity contribution in [3.8, 4) is 5.75 Å². The number of aliphatic hydroxyl groups excluding tert-OH is 1. The van der Waals surface area contributed by atoms with Crippen LogP contribution >= 0.6 is 0 Å². The second kappa shape index (κ2) is 9.54. The fraction of sp³-hybridized carbons (Fsp3) is 0.348. The molecule has 1 aliphatic rings. The molecule has 0 aliphatic carbocycles. The minimum absolute atomic E-state index is 0.00331. The third-order valence-corrected chi connectivity index (χ3v) is 4.71. The lowest BCUT2D eigenvalue weighted by molar-refractivity contribution is -0.140. The van der Waals surface area contributed by atoms with Gasteiger partial charge in [-0.1, -0.05) is 18.2 Å². The van der Waals surface area contributed by atoms with Gasteiger partial charge in [0.2, 0.25) is 0 Å². The van der Waals surface area contributed by atoms with Crippen LogP contribution in [-0.2, 0) is 14.3 Å². The SMILES string of the molecule is CCOc1cccc(/C(O)=C2/C(=O)C(=O)N(CCOC(C)C)C2c2ccccn2)c1. The number of hydrogen-bond donors (Lipinski definition) is 1. The number of aromatic nitrogens is 1. The molecule has 0 saturated carbocycles. The average Bonchev–Trinajstić information content (AvgIpc) is 2.99. The molecule has 1 fully saturated rings. The van der Waals surface area contributed by atoms with Gasteiger partial charge in [-0.3, -0.25) is 14.6 Å². The van der Waals surface area contributed by atoms with Gasteiger partial charge in [0, 0.05) is 18.3 Å². The van der Waals surface area contributed by atoms with Gasteiger partial charge >= 0.3 is 0 Å². The number of carbonyl (C=O) groups excluding carboxylic acids is 2. The van der Waals surface area contributed by atoms with E-state index >= 15 is 0 Å². The van der Waals surface area contributed by atoms with Gasteiger partial charge in [-0.15, -0.1) is 0 Å². The highest BCUT2D eigenvalue weighted by Crippen LogP contribution is 2.38. The standard InChI is InChI=1S/C23H26N2O5/c1-4-29-17-9-7-8-16(14-17)21(26)19-20(18-10-5-6-11-24-18)25(23(28)22(19)27)12-13-30-15(2)3/h5-11,14-15,20,26H,4,12-13H2,1-3H3/b21-19-. The van der Waals surface area contributed by atoms with Crippen molar-refractivity contribution < 1.29 is 24.2 Å². The number of likely N-dealkylation sites (tertiary alicyclic amines) is 1. The van der Waals surface area contributed by atoms with Gasteiger partial charge in [0.15, 0.2) is 0 Å². The fourth-order valence-corrected chi connectivity index (χ4v) is 3.40. The summed E-state index contributed by atoms with van der Waals surface area (Å²) >= 11 is 0. The van der Waals surface area contributed by atoms with Crippen LogP contribution in [0.5, 0.6) is 5.75 Å². The molecular formula is C23H26N2O5. The third kappa shape index (κ3) is 4.52. The molecule has 2 aromatic rings. The summed E-state index contributed by atoms with van der Waals surface area (Å²) in [4.78, 5) is 31.5. The van der Waals surface area contributed by atoms with Gasteiger partial charge in [-0.2, -0.15) is 0 Å². The van der Waals surface area contributed by atoms with Crippen LogP contribution in [-0.4, -0.2) is 52.5 Å². The summed E-state index contributed by atoms with van der Waals surface area (Å²) in [6.07, 6.45) is 1.59. The van der Waals surface area contributed by atoms with Gasteiger partial charge in [0.05, 0.1) is 30.6 Å². The Hall–Kier alpha value is -3.19. The highest BCUT2D eigenvalue weighted by atomic mass is 16.5. The van der Waals surface area contributed by atoms with Crippen LogP contribution in [0, 0.1) is 0 Å². The maximum Gasteiger partial charge on any atom is 0.295 e. The Bertz CT molecular complexity index is 940. The van der Waals surface area contributed by atoms with E-state index in [9.17, 15) is 14.7 Å². The van der Waals surface area contributed by atoms with E-state index in [-0.39, 0.29) is 30.6 Å². The number of ether oxygens (including phenoxy) is 2. The molecule has 1 saturated heterocycles. The van der Waals surface area contributed by atoms with Crippen molar-refractivity contribution in [2.75, 3.05) is 19.8 Å². The van der Waals surface area contributed by atoms with Crippen LogP contribution in [0.2, 0.25) is 0 Å². The van der Waals surface area contributed by atoms with Crippen LogP contribution in [0.15, 0.2) is 54.2 Å². The molecule has 2 heterocycles. The van der Waals surface area contributed by atoms with Crippen molar-refractivity contribution >= 4 is 17.4 Å². The van der Waals surface area contributed by atoms with Crippen molar-refractivity contribution in [1.29, 1.82) is 0 Å². The molecule has 1 atom stereocenters. The van der Waals surface area contributed by atoms with E-state index in [2.05, 4.69) is 4.98 Å². The number of aliphatic hydroxyl groups is 1. The quantitative estimate of drug-likeness (QED) is 0.408. The number of rotatable bonds is 8. The monoisotopic (exact) mass is 410 g/mol. The Balaban J connectivity index is 2.06. The Labute approximate surface area is 175 Å². The van der Waals surface area contributed by atoms with Crippen molar-refractivity contribution in [3.63, 3.8) is 0 Å². The van der Waals surface area contributed by atoms with Crippen LogP contribution in [0.3, 0.4) is 0 Å². The molecule has 158 valence electrons. The lowest BCUT2D eigenvalue weighted by Crippen LogP contribution is -2.33. The normalized spacial score (nSPS) is 18.3. The lowest BCUT2D eigenvalue weighted by Gasteiger charge is -2.24. The van der Waals surface area contributed by atoms with E-state index in [1.54, 1.807) is 48.7 Å². The Kier molecular flexibility index (Phi) is 6.84. The van der Waals surface area contributed by atoms with Gasteiger partial charge in [-0.25, -0.2) is 0 Å². The van der Waals surface area contributed by atoms with E-state index in [4.69, 9.17) is 9.47 Å². The molecule has 1 aliphatic heterocycles. The van der Waals surface area contributed by atoms with Crippen molar-refractivity contribution in [1.82, 2.24) is 9.88 Å². The fourth-order valence-electron chi connectivity index (χ4n) is 3.40. The van der Waals surface area contributed by atoms with E-state index in [0.29, 0.717) is 23.6 Å². The number of pyridine rings is 1. The number of hydrogen-bond acceptors (Lipinski definition) is 6. The predicted molar refractivity (Wildman–Crippen MR) is 112 cm³/mol. The molecule has 1 aromatic heterocycles. The molecule has 30 heavy (non-hydrogen) atoms. The summed E-state index contributed by atoms with van der Waals surface area (Å²) in [5.41, 5.74) is 0.916. The molecule has 1 amide bonds. The second-order valence-electron chi connectivity index (χ2n) is 7.13. The first-order valence-corrected chi connectivity index (χ1v) is 9.98. The van der Waals surface area contributed by atoms with Gasteiger partial charge in [0.25, 0.3) is 11.7 Å². The highest BCUT2D eigenvalue weighted by molar-refractivity contribution is 6.46. The van der Waals surface area contributed by atoms with Crippen LogP contribution in [0.4, 0.5) is 0 Å². The van der Waals surface area contributed by atoms with Gasteiger partial charge in [-0.05, 0) is 45.0 Å². The lowest BCUT2D eigenvalue weighted by atomic mass is 9.98. The number of nitrogens with zero attached hydrogens (tertiary/aromatic N) is 2. The minimum Gasteiger partial charge on any atom is -0.507 e. The number of Topliss-reactive ketones (excluding diaryl/α,β-unsaturated/α-hetero) is 1. The number of amides is 1. The number of benzene rings is 1. The number of ketones is 1. The number of carbonyl (C=O) groups is 2. The molecule has 1 aromatic carbocycles. The Morgan fingerprint density at radius 1 is 1.20 bits per heavy atom. The molecule has 3 rings (SSSR count). The Morgan fingerprint density at radius 3 is 2.67 bits per heavy atom. The first-order chi connectivity index (χ1) is 14.4. The largest absolute Gasteiger partial charge is 0.507 e. The summed E-state index contributed by atoms with van der Waals surface area (Å²) in [5.74, 6) is -1.11. The zero-order valence-corrected chi connectivity index (χ0v) is 17.4. The first kappa shape index (κ1) is 21.5. The van der Waals surface area contributed by atoms with Crippen LogP contribution < -0.4 is 4.74 Å². The maximum atomic E-state index is 12.9. The average molecular weight is 410 g/mol. The summed E-state index contributed by atoms with van der Waals surface area (Å²) in [6, 6.07) is 11.3. The predicted octanol–water partition coefficient (Wildman–Crippen LogP) is 3.33. The molecule has 1 unspecified atom stereocenters. The summed E-state index contributed by atoms with van der Waals surface area (Å²) in [7, 11) is 0. The Morgan fingerprint density at radius 2 is 2.00 bits per heavy atom. The topological polar surface area (TPSA) is 89.0 Å². The summed E-state index contributed by atoms with van der Waals surface area (Å²) in [5, 5.41) is 11.0. The van der Waals surface area contributed by atoms with Crippen LogP contribution in [0.1, 0.15) is 38.1 Å². The molecule has 0 spiro atoms. The maximum absolute atomic E-state index is 12.9. The zero-order chi connectivity index (χ0) is 21.7. The van der Waals surface area contributed by atoms with Crippen molar-refractivity contribution in [3.05, 3.63) is 65.5 Å². The smallest absolute Gasteiger partial charge is 0.295 e. The van der Waals surface area contributed by atoms with Gasteiger partial charge in [0.1, 0.15) is 17.6 Å². The van der Waals surface area contributed by atoms with Crippen LogP contribution in [0.25, 0.3) is 5.76 Å².